The molecule has 0 fully saturated rings. The third kappa shape index (κ3) is 2.69. The van der Waals surface area contributed by atoms with Gasteiger partial charge >= 0.3 is 0 Å². The van der Waals surface area contributed by atoms with Gasteiger partial charge in [0.15, 0.2) is 0 Å². The molecule has 0 amide bonds. The monoisotopic (exact) mass is 259 g/mol. The average molecular weight is 259 g/mol. The van der Waals surface area contributed by atoms with E-state index in [2.05, 4.69) is 0 Å². The van der Waals surface area contributed by atoms with Crippen LogP contribution in [-0.2, 0) is 0 Å². The molecule has 0 saturated heterocycles. The molecule has 0 aliphatic carbocycles. The number of nitrogens with two attached hydrogens (primary N) is 2. The minimum absolute atomic E-state index is 0.113. The van der Waals surface area contributed by atoms with E-state index in [1.165, 1.54) is 6.07 Å². The number of nitrogen functional groups attached to an aromatic ring is 1. The highest BCUT2D eigenvalue weighted by molar-refractivity contribution is 5.61. The van der Waals surface area contributed by atoms with Crippen LogP contribution in [0.15, 0.2) is 42.5 Å². The zero-order chi connectivity index (χ0) is 14.0. The molecular formula is C15H18FN3. The summed E-state index contributed by atoms with van der Waals surface area (Å²) in [6.45, 7) is 0. The molecule has 4 N–H and O–H groups in total. The van der Waals surface area contributed by atoms with Gasteiger partial charge in [0.25, 0.3) is 0 Å². The van der Waals surface area contributed by atoms with Gasteiger partial charge in [-0.1, -0.05) is 30.3 Å². The summed E-state index contributed by atoms with van der Waals surface area (Å²) < 4.78 is 13.9. The molecule has 4 heteroatoms. The van der Waals surface area contributed by atoms with Gasteiger partial charge in [-0.2, -0.15) is 0 Å². The quantitative estimate of drug-likeness (QED) is 0.833. The summed E-state index contributed by atoms with van der Waals surface area (Å²) in [6.07, 6.45) is 0. The topological polar surface area (TPSA) is 55.3 Å². The Balaban J connectivity index is 2.49. The van der Waals surface area contributed by atoms with E-state index >= 15 is 0 Å². The molecule has 0 aliphatic heterocycles. The van der Waals surface area contributed by atoms with E-state index in [1.807, 2.05) is 55.4 Å². The average Bonchev–Trinajstić information content (AvgIpc) is 2.41. The molecule has 0 bridgehead atoms. The fraction of sp³-hybridized carbons (Fsp3) is 0.200. The number of hydrogen-bond donors (Lipinski definition) is 2. The lowest BCUT2D eigenvalue weighted by Gasteiger charge is -2.20. The van der Waals surface area contributed by atoms with Crippen molar-refractivity contribution in [1.29, 1.82) is 0 Å². The van der Waals surface area contributed by atoms with Crippen molar-refractivity contribution in [2.45, 2.75) is 6.04 Å². The van der Waals surface area contributed by atoms with Crippen molar-refractivity contribution in [3.8, 4) is 0 Å². The Morgan fingerprint density at radius 3 is 2.32 bits per heavy atom. The van der Waals surface area contributed by atoms with Crippen molar-refractivity contribution in [3.63, 3.8) is 0 Å². The van der Waals surface area contributed by atoms with Crippen molar-refractivity contribution >= 4 is 11.4 Å². The van der Waals surface area contributed by atoms with E-state index < -0.39 is 11.9 Å². The van der Waals surface area contributed by atoms with Gasteiger partial charge in [0, 0.05) is 25.3 Å². The molecule has 0 aliphatic rings. The highest BCUT2D eigenvalue weighted by Crippen LogP contribution is 2.30. The molecule has 1 atom stereocenters. The molecule has 0 radical (unpaired) electrons. The van der Waals surface area contributed by atoms with Crippen LogP contribution in [0.3, 0.4) is 0 Å². The first kappa shape index (κ1) is 13.4. The molecule has 2 aromatic rings. The van der Waals surface area contributed by atoms with Gasteiger partial charge in [-0.25, -0.2) is 4.39 Å². The van der Waals surface area contributed by atoms with E-state index in [1.54, 1.807) is 0 Å². The van der Waals surface area contributed by atoms with Crippen molar-refractivity contribution in [3.05, 3.63) is 59.4 Å². The summed E-state index contributed by atoms with van der Waals surface area (Å²) in [7, 11) is 3.70. The standard InChI is InChI=1S/C15H18FN3/c1-19(2)11-8-12(15(18)13(16)9-11)14(17)10-6-4-3-5-7-10/h3-9,14H,17-18H2,1-2H3. The van der Waals surface area contributed by atoms with E-state index in [0.717, 1.165) is 11.3 Å². The molecule has 0 aromatic heterocycles. The molecule has 100 valence electrons. The fourth-order valence-electron chi connectivity index (χ4n) is 1.98. The third-order valence-electron chi connectivity index (χ3n) is 3.16. The van der Waals surface area contributed by atoms with E-state index in [4.69, 9.17) is 11.5 Å². The van der Waals surface area contributed by atoms with Crippen LogP contribution in [0, 0.1) is 5.82 Å². The first-order valence-electron chi connectivity index (χ1n) is 6.07. The Morgan fingerprint density at radius 2 is 1.74 bits per heavy atom. The minimum Gasteiger partial charge on any atom is -0.396 e. The van der Waals surface area contributed by atoms with Crippen LogP contribution in [0.25, 0.3) is 0 Å². The maximum Gasteiger partial charge on any atom is 0.148 e. The van der Waals surface area contributed by atoms with Gasteiger partial charge in [0.05, 0.1) is 11.7 Å². The summed E-state index contributed by atoms with van der Waals surface area (Å²) in [6, 6.07) is 12.3. The minimum atomic E-state index is -0.437. The number of rotatable bonds is 3. The Bertz CT molecular complexity index is 567. The number of anilines is 2. The van der Waals surface area contributed by atoms with Gasteiger partial charge in [-0.3, -0.25) is 0 Å². The smallest absolute Gasteiger partial charge is 0.148 e. The van der Waals surface area contributed by atoms with Gasteiger partial charge in [-0.05, 0) is 17.7 Å². The van der Waals surface area contributed by atoms with Crippen molar-refractivity contribution in [1.82, 2.24) is 0 Å². The lowest BCUT2D eigenvalue weighted by Crippen LogP contribution is -2.17. The van der Waals surface area contributed by atoms with Gasteiger partial charge in [-0.15, -0.1) is 0 Å². The molecule has 2 aromatic carbocycles. The maximum absolute atomic E-state index is 13.9. The van der Waals surface area contributed by atoms with E-state index in [0.29, 0.717) is 5.56 Å². The van der Waals surface area contributed by atoms with Crippen molar-refractivity contribution in [2.24, 2.45) is 5.73 Å². The second-order valence-corrected chi connectivity index (χ2v) is 4.71. The SMILES string of the molecule is CN(C)c1cc(F)c(N)c(C(N)c2ccccc2)c1. The van der Waals surface area contributed by atoms with Gasteiger partial charge < -0.3 is 16.4 Å². The third-order valence-corrected chi connectivity index (χ3v) is 3.16. The molecule has 0 heterocycles. The Morgan fingerprint density at radius 1 is 1.11 bits per heavy atom. The molecule has 1 unspecified atom stereocenters. The van der Waals surface area contributed by atoms with Crippen LogP contribution in [-0.4, -0.2) is 14.1 Å². The Hall–Kier alpha value is -2.07. The summed E-state index contributed by atoms with van der Waals surface area (Å²) in [5.41, 5.74) is 14.4. The first-order chi connectivity index (χ1) is 9.00. The van der Waals surface area contributed by atoms with E-state index in [-0.39, 0.29) is 5.69 Å². The number of nitrogens with zero attached hydrogens (tertiary/aromatic N) is 1. The molecule has 2 rings (SSSR count). The zero-order valence-corrected chi connectivity index (χ0v) is 11.1. The second-order valence-electron chi connectivity index (χ2n) is 4.71. The summed E-state index contributed by atoms with van der Waals surface area (Å²) in [5.74, 6) is -0.437. The van der Waals surface area contributed by atoms with Gasteiger partial charge in [0.2, 0.25) is 0 Å². The predicted molar refractivity (Wildman–Crippen MR) is 77.6 cm³/mol. The maximum atomic E-state index is 13.9. The molecule has 19 heavy (non-hydrogen) atoms. The molecular weight excluding hydrogens is 241 g/mol. The highest BCUT2D eigenvalue weighted by Gasteiger charge is 2.16. The number of halogens is 1. The Kier molecular flexibility index (Phi) is 3.71. The van der Waals surface area contributed by atoms with E-state index in [9.17, 15) is 4.39 Å². The van der Waals surface area contributed by atoms with Crippen molar-refractivity contribution < 1.29 is 4.39 Å². The zero-order valence-electron chi connectivity index (χ0n) is 11.1. The Labute approximate surface area is 112 Å². The summed E-state index contributed by atoms with van der Waals surface area (Å²) in [5, 5.41) is 0. The largest absolute Gasteiger partial charge is 0.396 e. The van der Waals surface area contributed by atoms with Crippen molar-refractivity contribution in [2.75, 3.05) is 24.7 Å². The highest BCUT2D eigenvalue weighted by atomic mass is 19.1. The van der Waals surface area contributed by atoms with Crippen LogP contribution in [0.4, 0.5) is 15.8 Å². The van der Waals surface area contributed by atoms with Crippen LogP contribution in [0.1, 0.15) is 17.2 Å². The van der Waals surface area contributed by atoms with Crippen LogP contribution >= 0.6 is 0 Å². The van der Waals surface area contributed by atoms with Crippen LogP contribution < -0.4 is 16.4 Å². The summed E-state index contributed by atoms with van der Waals surface area (Å²) in [4.78, 5) is 1.82. The molecule has 0 saturated carbocycles. The van der Waals surface area contributed by atoms with Crippen LogP contribution in [0.2, 0.25) is 0 Å². The predicted octanol–water partition coefficient (Wildman–Crippen LogP) is 2.52. The first-order valence-corrected chi connectivity index (χ1v) is 6.07. The van der Waals surface area contributed by atoms with Crippen LogP contribution in [0.5, 0.6) is 0 Å². The fourth-order valence-corrected chi connectivity index (χ4v) is 1.98. The van der Waals surface area contributed by atoms with Gasteiger partial charge in [0.1, 0.15) is 5.82 Å². The molecule has 0 spiro atoms. The summed E-state index contributed by atoms with van der Waals surface area (Å²) >= 11 is 0. The number of hydrogen-bond acceptors (Lipinski definition) is 3. The normalized spacial score (nSPS) is 12.2. The molecule has 3 nitrogen and oxygen atoms in total. The lowest BCUT2D eigenvalue weighted by molar-refractivity contribution is 0.628. The number of benzene rings is 2. The lowest BCUT2D eigenvalue weighted by atomic mass is 9.97. The second kappa shape index (κ2) is 5.28.